The lowest BCUT2D eigenvalue weighted by molar-refractivity contribution is -0.246. The highest BCUT2D eigenvalue weighted by atomic mass is 32.2. The third kappa shape index (κ3) is 5.63. The van der Waals surface area contributed by atoms with Crippen LogP contribution < -0.4 is 0 Å². The van der Waals surface area contributed by atoms with Gasteiger partial charge in [-0.25, -0.2) is 9.59 Å². The first-order valence-corrected chi connectivity index (χ1v) is 10.8. The van der Waals surface area contributed by atoms with E-state index in [-0.39, 0.29) is 11.1 Å². The highest BCUT2D eigenvalue weighted by molar-refractivity contribution is 7.86. The van der Waals surface area contributed by atoms with Crippen molar-refractivity contribution in [1.82, 2.24) is 0 Å². The Kier molecular flexibility index (Phi) is 6.83. The first kappa shape index (κ1) is 21.9. The van der Waals surface area contributed by atoms with Crippen LogP contribution in [0, 0.1) is 0 Å². The van der Waals surface area contributed by atoms with Gasteiger partial charge in [0, 0.05) is 0 Å². The van der Waals surface area contributed by atoms with Gasteiger partial charge in [-0.05, 0) is 24.3 Å². The largest absolute Gasteiger partial charge is 0.452 e. The Hall–Kier alpha value is -2.79. The molecule has 0 saturated carbocycles. The second-order valence-electron chi connectivity index (χ2n) is 6.53. The molecule has 0 bridgehead atoms. The third-order valence-corrected chi connectivity index (χ3v) is 4.80. The van der Waals surface area contributed by atoms with E-state index in [1.807, 2.05) is 0 Å². The summed E-state index contributed by atoms with van der Waals surface area (Å²) in [5.74, 6) is -1.62. The van der Waals surface area contributed by atoms with Crippen LogP contribution >= 0.6 is 0 Å². The van der Waals surface area contributed by atoms with E-state index in [9.17, 15) is 23.1 Å². The average molecular weight is 436 g/mol. The van der Waals surface area contributed by atoms with Crippen LogP contribution in [0.15, 0.2) is 60.7 Å². The Bertz CT molecular complexity index is 976. The lowest BCUT2D eigenvalue weighted by Crippen LogP contribution is -2.57. The standard InChI is InChI=1S/C20H20O9S/c1-30(24,25)29-15-12-26-20(23)17(28-19(22)14-10-6-3-7-11-14)16(15)27-18(21)13-8-4-2-5-9-13/h2-11,15-17,20,23H,12H2,1H3. The van der Waals surface area contributed by atoms with Gasteiger partial charge in [0.2, 0.25) is 0 Å². The predicted molar refractivity (Wildman–Crippen MR) is 103 cm³/mol. The van der Waals surface area contributed by atoms with E-state index in [0.29, 0.717) is 0 Å². The van der Waals surface area contributed by atoms with Crippen molar-refractivity contribution in [2.75, 3.05) is 12.9 Å². The molecule has 2 aromatic rings. The summed E-state index contributed by atoms with van der Waals surface area (Å²) in [7, 11) is -3.97. The first-order chi connectivity index (χ1) is 14.2. The summed E-state index contributed by atoms with van der Waals surface area (Å²) in [4.78, 5) is 25.0. The van der Waals surface area contributed by atoms with E-state index in [4.69, 9.17) is 18.4 Å². The van der Waals surface area contributed by atoms with Crippen molar-refractivity contribution < 1.29 is 41.5 Å². The molecular weight excluding hydrogens is 416 g/mol. The normalized spacial score (nSPS) is 24.1. The maximum atomic E-state index is 12.5. The minimum Gasteiger partial charge on any atom is -0.452 e. The molecule has 1 saturated heterocycles. The van der Waals surface area contributed by atoms with Gasteiger partial charge in [0.1, 0.15) is 6.10 Å². The molecule has 0 aromatic heterocycles. The van der Waals surface area contributed by atoms with Crippen LogP contribution in [0.4, 0.5) is 0 Å². The van der Waals surface area contributed by atoms with E-state index in [2.05, 4.69) is 0 Å². The minimum absolute atomic E-state index is 0.184. The number of ether oxygens (including phenoxy) is 3. The molecule has 4 atom stereocenters. The zero-order valence-electron chi connectivity index (χ0n) is 15.9. The van der Waals surface area contributed by atoms with Gasteiger partial charge in [-0.2, -0.15) is 8.42 Å². The Balaban J connectivity index is 1.87. The summed E-state index contributed by atoms with van der Waals surface area (Å²) < 4.78 is 44.1. The van der Waals surface area contributed by atoms with Crippen LogP contribution in [0.1, 0.15) is 20.7 Å². The topological polar surface area (TPSA) is 125 Å². The maximum Gasteiger partial charge on any atom is 0.338 e. The van der Waals surface area contributed by atoms with Crippen molar-refractivity contribution >= 4 is 22.1 Å². The number of benzene rings is 2. The summed E-state index contributed by atoms with van der Waals surface area (Å²) in [6, 6.07) is 15.9. The molecule has 10 heteroatoms. The predicted octanol–water partition coefficient (Wildman–Crippen LogP) is 1.13. The second kappa shape index (κ2) is 9.35. The van der Waals surface area contributed by atoms with E-state index in [0.717, 1.165) is 6.26 Å². The molecular formula is C20H20O9S. The SMILES string of the molecule is CS(=O)(=O)OC1COC(O)C(OC(=O)c2ccccc2)C1OC(=O)c1ccccc1. The Morgan fingerprint density at radius 1 is 0.900 bits per heavy atom. The van der Waals surface area contributed by atoms with E-state index in [1.165, 1.54) is 24.3 Å². The first-order valence-electron chi connectivity index (χ1n) is 8.94. The van der Waals surface area contributed by atoms with E-state index >= 15 is 0 Å². The summed E-state index contributed by atoms with van der Waals surface area (Å²) in [5, 5.41) is 10.2. The number of hydrogen-bond donors (Lipinski definition) is 1. The lowest BCUT2D eigenvalue weighted by atomic mass is 10.0. The van der Waals surface area contributed by atoms with Crippen LogP contribution in [-0.2, 0) is 28.5 Å². The molecule has 1 N–H and O–H groups in total. The van der Waals surface area contributed by atoms with E-state index < -0.39 is 53.3 Å². The summed E-state index contributed by atoms with van der Waals surface area (Å²) in [6.45, 7) is -0.402. The fraction of sp³-hybridized carbons (Fsp3) is 0.300. The highest BCUT2D eigenvalue weighted by Gasteiger charge is 2.47. The smallest absolute Gasteiger partial charge is 0.338 e. The van der Waals surface area contributed by atoms with Crippen LogP contribution in [-0.4, -0.2) is 62.9 Å². The monoisotopic (exact) mass is 436 g/mol. The molecule has 30 heavy (non-hydrogen) atoms. The van der Waals surface area contributed by atoms with Crippen LogP contribution in [0.5, 0.6) is 0 Å². The fourth-order valence-corrected chi connectivity index (χ4v) is 3.48. The van der Waals surface area contributed by atoms with Gasteiger partial charge in [-0.3, -0.25) is 4.18 Å². The van der Waals surface area contributed by atoms with Gasteiger partial charge in [0.15, 0.2) is 18.5 Å². The molecule has 3 rings (SSSR count). The molecule has 2 aromatic carbocycles. The molecule has 0 aliphatic carbocycles. The van der Waals surface area contributed by atoms with E-state index in [1.54, 1.807) is 36.4 Å². The van der Waals surface area contributed by atoms with Crippen molar-refractivity contribution in [3.63, 3.8) is 0 Å². The number of carbonyl (C=O) groups is 2. The zero-order valence-corrected chi connectivity index (χ0v) is 16.7. The fourth-order valence-electron chi connectivity index (χ4n) is 2.86. The van der Waals surface area contributed by atoms with Crippen molar-refractivity contribution in [2.24, 2.45) is 0 Å². The average Bonchev–Trinajstić information content (AvgIpc) is 2.72. The van der Waals surface area contributed by atoms with Crippen LogP contribution in [0.25, 0.3) is 0 Å². The van der Waals surface area contributed by atoms with Gasteiger partial charge in [-0.15, -0.1) is 0 Å². The van der Waals surface area contributed by atoms with Crippen molar-refractivity contribution in [3.05, 3.63) is 71.8 Å². The molecule has 9 nitrogen and oxygen atoms in total. The number of hydrogen-bond acceptors (Lipinski definition) is 9. The minimum atomic E-state index is -3.97. The molecule has 0 spiro atoms. The molecule has 1 heterocycles. The quantitative estimate of drug-likeness (QED) is 0.524. The number of rotatable bonds is 6. The highest BCUT2D eigenvalue weighted by Crippen LogP contribution is 2.25. The lowest BCUT2D eigenvalue weighted by Gasteiger charge is -2.38. The maximum absolute atomic E-state index is 12.5. The summed E-state index contributed by atoms with van der Waals surface area (Å²) in [5.41, 5.74) is 0.369. The van der Waals surface area contributed by atoms with Crippen LogP contribution in [0.3, 0.4) is 0 Å². The molecule has 1 aliphatic rings. The molecule has 4 unspecified atom stereocenters. The number of carbonyl (C=O) groups excluding carboxylic acids is 2. The zero-order chi connectivity index (χ0) is 21.7. The molecule has 1 aliphatic heterocycles. The number of aliphatic hydroxyl groups is 1. The summed E-state index contributed by atoms with van der Waals surface area (Å²) >= 11 is 0. The molecule has 0 radical (unpaired) electrons. The summed E-state index contributed by atoms with van der Waals surface area (Å²) in [6.07, 6.45) is -5.14. The van der Waals surface area contributed by atoms with Gasteiger partial charge in [0.25, 0.3) is 10.1 Å². The van der Waals surface area contributed by atoms with Crippen LogP contribution in [0.2, 0.25) is 0 Å². The number of esters is 2. The van der Waals surface area contributed by atoms with Gasteiger partial charge in [0.05, 0.1) is 24.0 Å². The second-order valence-corrected chi connectivity index (χ2v) is 8.14. The third-order valence-electron chi connectivity index (χ3n) is 4.21. The molecule has 0 amide bonds. The van der Waals surface area contributed by atoms with Gasteiger partial charge in [-0.1, -0.05) is 36.4 Å². The Morgan fingerprint density at radius 2 is 1.37 bits per heavy atom. The molecule has 1 fully saturated rings. The number of aliphatic hydroxyl groups excluding tert-OH is 1. The Labute approximate surface area is 173 Å². The van der Waals surface area contributed by atoms with Gasteiger partial charge < -0.3 is 19.3 Å². The van der Waals surface area contributed by atoms with Gasteiger partial charge >= 0.3 is 11.9 Å². The van der Waals surface area contributed by atoms with Crippen molar-refractivity contribution in [1.29, 1.82) is 0 Å². The molecule has 160 valence electrons. The van der Waals surface area contributed by atoms with Crippen molar-refractivity contribution in [2.45, 2.75) is 24.6 Å². The Morgan fingerprint density at radius 3 is 1.83 bits per heavy atom. The van der Waals surface area contributed by atoms with Crippen molar-refractivity contribution in [3.8, 4) is 0 Å².